The lowest BCUT2D eigenvalue weighted by Gasteiger charge is -2.05. The molecule has 0 aliphatic rings. The van der Waals surface area contributed by atoms with Crippen molar-refractivity contribution >= 4 is 0 Å². The molecule has 0 unspecified atom stereocenters. The first kappa shape index (κ1) is 16.5. The van der Waals surface area contributed by atoms with Crippen LogP contribution >= 0.6 is 0 Å². The highest BCUT2D eigenvalue weighted by Crippen LogP contribution is 2.16. The largest absolute Gasteiger partial charge is 0.516 e. The Bertz CT molecular complexity index is 172. The first-order chi connectivity index (χ1) is 8.35. The Morgan fingerprint density at radius 2 is 1.18 bits per heavy atom. The molecule has 0 aromatic carbocycles. The summed E-state index contributed by atoms with van der Waals surface area (Å²) in [6.07, 6.45) is 16.9. The zero-order valence-electron chi connectivity index (χ0n) is 12.0. The number of hydrogen-bond donors (Lipinski definition) is 1. The highest BCUT2D eigenvalue weighted by molar-refractivity contribution is 4.96. The van der Waals surface area contributed by atoms with Crippen molar-refractivity contribution < 1.29 is 5.11 Å². The Kier molecular flexibility index (Phi) is 13.2. The summed E-state index contributed by atoms with van der Waals surface area (Å²) < 4.78 is 0. The maximum atomic E-state index is 9.09. The second-order valence-electron chi connectivity index (χ2n) is 5.12. The van der Waals surface area contributed by atoms with Crippen LogP contribution in [-0.4, -0.2) is 5.11 Å². The minimum atomic E-state index is 1.09. The van der Waals surface area contributed by atoms with E-state index in [1.165, 1.54) is 76.0 Å². The second kappa shape index (κ2) is 13.6. The SMILES string of the molecule is CCCCCCCCCCC(=CO)CCCC. The van der Waals surface area contributed by atoms with E-state index in [9.17, 15) is 0 Å². The topological polar surface area (TPSA) is 20.2 Å². The van der Waals surface area contributed by atoms with Crippen LogP contribution in [0.2, 0.25) is 0 Å². The first-order valence-electron chi connectivity index (χ1n) is 7.67. The molecule has 0 atom stereocenters. The van der Waals surface area contributed by atoms with Crippen molar-refractivity contribution in [1.82, 2.24) is 0 Å². The van der Waals surface area contributed by atoms with Crippen molar-refractivity contribution in [2.45, 2.75) is 90.9 Å². The van der Waals surface area contributed by atoms with Gasteiger partial charge in [-0.1, -0.05) is 65.2 Å². The van der Waals surface area contributed by atoms with Crippen LogP contribution in [0.15, 0.2) is 11.8 Å². The van der Waals surface area contributed by atoms with E-state index in [2.05, 4.69) is 13.8 Å². The number of aliphatic hydroxyl groups is 1. The minimum Gasteiger partial charge on any atom is -0.516 e. The number of rotatable bonds is 12. The Morgan fingerprint density at radius 1 is 0.706 bits per heavy atom. The van der Waals surface area contributed by atoms with E-state index in [0.29, 0.717) is 0 Å². The van der Waals surface area contributed by atoms with Crippen molar-refractivity contribution in [2.24, 2.45) is 0 Å². The van der Waals surface area contributed by atoms with E-state index in [1.807, 2.05) is 0 Å². The van der Waals surface area contributed by atoms with Crippen LogP contribution in [0.4, 0.5) is 0 Å². The fraction of sp³-hybridized carbons (Fsp3) is 0.875. The lowest BCUT2D eigenvalue weighted by atomic mass is 10.0. The molecule has 0 heterocycles. The Balaban J connectivity index is 3.25. The molecule has 0 aromatic heterocycles. The highest BCUT2D eigenvalue weighted by Gasteiger charge is 1.98. The van der Waals surface area contributed by atoms with Crippen LogP contribution in [0, 0.1) is 0 Å². The average molecular weight is 240 g/mol. The van der Waals surface area contributed by atoms with Crippen LogP contribution in [0.3, 0.4) is 0 Å². The number of hydrogen-bond acceptors (Lipinski definition) is 1. The van der Waals surface area contributed by atoms with Gasteiger partial charge in [0.25, 0.3) is 0 Å². The molecule has 1 N–H and O–H groups in total. The van der Waals surface area contributed by atoms with Crippen LogP contribution in [0.1, 0.15) is 90.9 Å². The third kappa shape index (κ3) is 11.8. The summed E-state index contributed by atoms with van der Waals surface area (Å²) in [4.78, 5) is 0. The third-order valence-electron chi connectivity index (χ3n) is 3.39. The quantitative estimate of drug-likeness (QED) is 0.320. The van der Waals surface area contributed by atoms with Crippen molar-refractivity contribution in [3.05, 3.63) is 11.8 Å². The second-order valence-corrected chi connectivity index (χ2v) is 5.12. The standard InChI is InChI=1S/C16H32O/c1-3-5-7-8-9-10-11-12-14-16(15-17)13-6-4-2/h15,17H,3-14H2,1-2H3. The summed E-state index contributed by atoms with van der Waals surface area (Å²) in [5.41, 5.74) is 1.25. The van der Waals surface area contributed by atoms with Crippen LogP contribution in [0.25, 0.3) is 0 Å². The van der Waals surface area contributed by atoms with Crippen LogP contribution in [-0.2, 0) is 0 Å². The summed E-state index contributed by atoms with van der Waals surface area (Å²) in [5, 5.41) is 9.09. The molecule has 0 radical (unpaired) electrons. The highest BCUT2D eigenvalue weighted by atomic mass is 16.2. The molecule has 0 saturated heterocycles. The minimum absolute atomic E-state index is 1.09. The van der Waals surface area contributed by atoms with Gasteiger partial charge in [0.15, 0.2) is 0 Å². The van der Waals surface area contributed by atoms with Gasteiger partial charge in [-0.3, -0.25) is 0 Å². The molecule has 1 heteroatoms. The van der Waals surface area contributed by atoms with Gasteiger partial charge in [-0.25, -0.2) is 0 Å². The Labute approximate surface area is 108 Å². The fourth-order valence-electron chi connectivity index (χ4n) is 2.14. The van der Waals surface area contributed by atoms with Gasteiger partial charge in [0.05, 0.1) is 6.26 Å². The number of unbranched alkanes of at least 4 members (excludes halogenated alkanes) is 8. The summed E-state index contributed by atoms with van der Waals surface area (Å²) in [5.74, 6) is 0. The lowest BCUT2D eigenvalue weighted by molar-refractivity contribution is 0.457. The zero-order chi connectivity index (χ0) is 12.8. The summed E-state index contributed by atoms with van der Waals surface area (Å²) >= 11 is 0. The van der Waals surface area contributed by atoms with Gasteiger partial charge < -0.3 is 5.11 Å². The van der Waals surface area contributed by atoms with Gasteiger partial charge in [-0.05, 0) is 31.3 Å². The molecule has 0 rings (SSSR count). The van der Waals surface area contributed by atoms with E-state index in [4.69, 9.17) is 5.11 Å². The molecular weight excluding hydrogens is 208 g/mol. The van der Waals surface area contributed by atoms with Gasteiger partial charge in [0.1, 0.15) is 0 Å². The molecule has 0 aromatic rings. The monoisotopic (exact) mass is 240 g/mol. The van der Waals surface area contributed by atoms with Crippen molar-refractivity contribution in [3.63, 3.8) is 0 Å². The molecular formula is C16H32O. The van der Waals surface area contributed by atoms with Gasteiger partial charge >= 0.3 is 0 Å². The summed E-state index contributed by atoms with van der Waals surface area (Å²) in [6, 6.07) is 0. The lowest BCUT2D eigenvalue weighted by Crippen LogP contribution is -1.87. The van der Waals surface area contributed by atoms with Crippen molar-refractivity contribution in [1.29, 1.82) is 0 Å². The maximum absolute atomic E-state index is 9.09. The van der Waals surface area contributed by atoms with Gasteiger partial charge in [0, 0.05) is 0 Å². The fourth-order valence-corrected chi connectivity index (χ4v) is 2.14. The zero-order valence-corrected chi connectivity index (χ0v) is 12.0. The van der Waals surface area contributed by atoms with Gasteiger partial charge in [-0.15, -0.1) is 0 Å². The predicted molar refractivity (Wildman–Crippen MR) is 77.5 cm³/mol. The molecule has 0 bridgehead atoms. The van der Waals surface area contributed by atoms with Gasteiger partial charge in [-0.2, -0.15) is 0 Å². The third-order valence-corrected chi connectivity index (χ3v) is 3.39. The molecule has 17 heavy (non-hydrogen) atoms. The Hall–Kier alpha value is -0.460. The number of aliphatic hydroxyl groups excluding tert-OH is 1. The van der Waals surface area contributed by atoms with E-state index < -0.39 is 0 Å². The molecule has 1 nitrogen and oxygen atoms in total. The molecule has 0 amide bonds. The molecule has 0 fully saturated rings. The normalized spacial score (nSPS) is 12.0. The molecule has 102 valence electrons. The predicted octanol–water partition coefficient (Wildman–Crippen LogP) is 6.15. The van der Waals surface area contributed by atoms with Crippen molar-refractivity contribution in [2.75, 3.05) is 0 Å². The smallest absolute Gasteiger partial charge is 0.0783 e. The van der Waals surface area contributed by atoms with Crippen molar-refractivity contribution in [3.8, 4) is 0 Å². The summed E-state index contributed by atoms with van der Waals surface area (Å²) in [7, 11) is 0. The van der Waals surface area contributed by atoms with E-state index >= 15 is 0 Å². The van der Waals surface area contributed by atoms with E-state index in [0.717, 1.165) is 12.8 Å². The molecule has 0 aliphatic carbocycles. The number of allylic oxidation sites excluding steroid dienone is 1. The van der Waals surface area contributed by atoms with E-state index in [1.54, 1.807) is 0 Å². The van der Waals surface area contributed by atoms with Gasteiger partial charge in [0.2, 0.25) is 0 Å². The first-order valence-corrected chi connectivity index (χ1v) is 7.67. The van der Waals surface area contributed by atoms with Crippen LogP contribution in [0.5, 0.6) is 0 Å². The average Bonchev–Trinajstić information content (AvgIpc) is 2.36. The summed E-state index contributed by atoms with van der Waals surface area (Å²) in [6.45, 7) is 4.46. The Morgan fingerprint density at radius 3 is 1.71 bits per heavy atom. The van der Waals surface area contributed by atoms with Crippen LogP contribution < -0.4 is 0 Å². The molecule has 0 spiro atoms. The maximum Gasteiger partial charge on any atom is 0.0783 e. The molecule has 0 saturated carbocycles. The molecule has 0 aliphatic heterocycles. The van der Waals surface area contributed by atoms with E-state index in [-0.39, 0.29) is 0 Å².